The van der Waals surface area contributed by atoms with E-state index in [1.165, 1.54) is 5.56 Å². The van der Waals surface area contributed by atoms with Gasteiger partial charge in [0, 0.05) is 50.5 Å². The van der Waals surface area contributed by atoms with Crippen LogP contribution in [0.25, 0.3) is 0 Å². The molecule has 1 aromatic carbocycles. The fourth-order valence-corrected chi connectivity index (χ4v) is 2.93. The molecule has 0 unspecified atom stereocenters. The lowest BCUT2D eigenvalue weighted by Crippen LogP contribution is -2.45. The van der Waals surface area contributed by atoms with Gasteiger partial charge >= 0.3 is 0 Å². The van der Waals surface area contributed by atoms with Gasteiger partial charge in [-0.25, -0.2) is 0 Å². The summed E-state index contributed by atoms with van der Waals surface area (Å²) in [6.07, 6.45) is 1.87. The Morgan fingerprint density at radius 3 is 2.33 bits per heavy atom. The van der Waals surface area contributed by atoms with Crippen LogP contribution in [-0.4, -0.2) is 41.0 Å². The van der Waals surface area contributed by atoms with E-state index in [0.717, 1.165) is 50.0 Å². The second-order valence-corrected chi connectivity index (χ2v) is 5.94. The third kappa shape index (κ3) is 4.27. The fourth-order valence-electron chi connectivity index (χ4n) is 2.72. The minimum Gasteiger partial charge on any atom is -0.297 e. The van der Waals surface area contributed by atoms with Crippen LogP contribution in [0.5, 0.6) is 0 Å². The Morgan fingerprint density at radius 1 is 0.905 bits per heavy atom. The highest BCUT2D eigenvalue weighted by Crippen LogP contribution is 2.14. The number of benzene rings is 1. The quantitative estimate of drug-likeness (QED) is 0.865. The molecule has 2 aromatic rings. The number of aromatic nitrogens is 1. The van der Waals surface area contributed by atoms with Gasteiger partial charge in [-0.15, -0.1) is 0 Å². The van der Waals surface area contributed by atoms with Crippen LogP contribution >= 0.6 is 11.6 Å². The van der Waals surface area contributed by atoms with Gasteiger partial charge in [0.1, 0.15) is 0 Å². The molecule has 0 amide bonds. The van der Waals surface area contributed by atoms with Gasteiger partial charge in [0.05, 0.1) is 5.69 Å². The lowest BCUT2D eigenvalue weighted by Gasteiger charge is -2.34. The molecule has 3 rings (SSSR count). The van der Waals surface area contributed by atoms with E-state index in [0.29, 0.717) is 0 Å². The molecule has 0 N–H and O–H groups in total. The average molecular weight is 302 g/mol. The first kappa shape index (κ1) is 14.5. The molecule has 2 heterocycles. The average Bonchev–Trinajstić information content (AvgIpc) is 2.50. The second-order valence-electron chi connectivity index (χ2n) is 5.50. The van der Waals surface area contributed by atoms with E-state index in [-0.39, 0.29) is 0 Å². The summed E-state index contributed by atoms with van der Waals surface area (Å²) in [7, 11) is 0. The molecular formula is C17H20ClN3. The summed E-state index contributed by atoms with van der Waals surface area (Å²) in [6, 6.07) is 14.3. The zero-order chi connectivity index (χ0) is 14.5. The predicted molar refractivity (Wildman–Crippen MR) is 86.2 cm³/mol. The van der Waals surface area contributed by atoms with Crippen molar-refractivity contribution < 1.29 is 0 Å². The Balaban J connectivity index is 1.49. The maximum atomic E-state index is 6.04. The van der Waals surface area contributed by atoms with Gasteiger partial charge in [-0.1, -0.05) is 29.8 Å². The summed E-state index contributed by atoms with van der Waals surface area (Å²) < 4.78 is 0. The van der Waals surface area contributed by atoms with Gasteiger partial charge in [-0.3, -0.25) is 14.8 Å². The molecular weight excluding hydrogens is 282 g/mol. The van der Waals surface area contributed by atoms with Crippen molar-refractivity contribution in [3.8, 4) is 0 Å². The van der Waals surface area contributed by atoms with Crippen molar-refractivity contribution in [1.29, 1.82) is 0 Å². The maximum absolute atomic E-state index is 6.04. The first-order valence-corrected chi connectivity index (χ1v) is 7.76. The molecule has 110 valence electrons. The first-order valence-electron chi connectivity index (χ1n) is 7.39. The van der Waals surface area contributed by atoms with E-state index in [9.17, 15) is 0 Å². The lowest BCUT2D eigenvalue weighted by atomic mass is 10.2. The summed E-state index contributed by atoms with van der Waals surface area (Å²) in [5, 5.41) is 0.821. The number of hydrogen-bond donors (Lipinski definition) is 0. The van der Waals surface area contributed by atoms with E-state index in [1.807, 2.05) is 24.4 Å². The van der Waals surface area contributed by atoms with E-state index < -0.39 is 0 Å². The van der Waals surface area contributed by atoms with Crippen molar-refractivity contribution >= 4 is 11.6 Å². The molecule has 1 aliphatic rings. The molecule has 0 saturated carbocycles. The van der Waals surface area contributed by atoms with Gasteiger partial charge in [-0.2, -0.15) is 0 Å². The van der Waals surface area contributed by atoms with E-state index in [1.54, 1.807) is 0 Å². The number of rotatable bonds is 4. The largest absolute Gasteiger partial charge is 0.297 e. The highest BCUT2D eigenvalue weighted by Gasteiger charge is 2.17. The molecule has 1 aromatic heterocycles. The molecule has 3 nitrogen and oxygen atoms in total. The minimum atomic E-state index is 0.821. The van der Waals surface area contributed by atoms with Crippen molar-refractivity contribution in [2.45, 2.75) is 13.1 Å². The number of nitrogens with zero attached hydrogens (tertiary/aromatic N) is 3. The van der Waals surface area contributed by atoms with E-state index in [4.69, 9.17) is 11.6 Å². The Bertz CT molecular complexity index is 565. The molecule has 0 aliphatic carbocycles. The molecule has 0 spiro atoms. The monoisotopic (exact) mass is 301 g/mol. The van der Waals surface area contributed by atoms with Crippen LogP contribution < -0.4 is 0 Å². The Kier molecular flexibility index (Phi) is 4.86. The van der Waals surface area contributed by atoms with Gasteiger partial charge < -0.3 is 0 Å². The Hall–Kier alpha value is -1.42. The standard InChI is InChI=1S/C17H20ClN3/c18-16-5-3-4-15(12-16)13-20-8-10-21(11-9-20)14-17-6-1-2-7-19-17/h1-7,12H,8-11,13-14H2. The van der Waals surface area contributed by atoms with Crippen molar-refractivity contribution in [2.24, 2.45) is 0 Å². The molecule has 1 saturated heterocycles. The van der Waals surface area contributed by atoms with Crippen LogP contribution in [0.15, 0.2) is 48.7 Å². The maximum Gasteiger partial charge on any atom is 0.0543 e. The van der Waals surface area contributed by atoms with Crippen molar-refractivity contribution in [3.05, 3.63) is 64.9 Å². The zero-order valence-corrected chi connectivity index (χ0v) is 12.8. The first-order chi connectivity index (χ1) is 10.3. The van der Waals surface area contributed by atoms with Crippen LogP contribution in [0.1, 0.15) is 11.3 Å². The molecule has 0 atom stereocenters. The molecule has 4 heteroatoms. The van der Waals surface area contributed by atoms with Crippen LogP contribution in [-0.2, 0) is 13.1 Å². The second kappa shape index (κ2) is 7.03. The SMILES string of the molecule is Clc1cccc(CN2CCN(Cc3ccccn3)CC2)c1. The lowest BCUT2D eigenvalue weighted by molar-refractivity contribution is 0.121. The third-order valence-corrected chi connectivity index (χ3v) is 4.11. The predicted octanol–water partition coefficient (Wildman–Crippen LogP) is 3.05. The smallest absolute Gasteiger partial charge is 0.0543 e. The molecule has 0 bridgehead atoms. The van der Waals surface area contributed by atoms with E-state index >= 15 is 0 Å². The highest BCUT2D eigenvalue weighted by atomic mass is 35.5. The number of halogens is 1. The van der Waals surface area contributed by atoms with Gasteiger partial charge in [0.2, 0.25) is 0 Å². The van der Waals surface area contributed by atoms with Crippen LogP contribution in [0.4, 0.5) is 0 Å². The molecule has 1 aliphatic heterocycles. The van der Waals surface area contributed by atoms with E-state index in [2.05, 4.69) is 39.0 Å². The van der Waals surface area contributed by atoms with Crippen LogP contribution in [0.3, 0.4) is 0 Å². The van der Waals surface area contributed by atoms with Crippen LogP contribution in [0, 0.1) is 0 Å². The third-order valence-electron chi connectivity index (χ3n) is 3.87. The zero-order valence-electron chi connectivity index (χ0n) is 12.1. The normalized spacial score (nSPS) is 17.0. The molecule has 21 heavy (non-hydrogen) atoms. The van der Waals surface area contributed by atoms with Gasteiger partial charge in [-0.05, 0) is 29.8 Å². The molecule has 0 radical (unpaired) electrons. The summed E-state index contributed by atoms with van der Waals surface area (Å²) in [5.41, 5.74) is 2.45. The topological polar surface area (TPSA) is 19.4 Å². The Labute approximate surface area is 131 Å². The summed E-state index contributed by atoms with van der Waals surface area (Å²) in [5.74, 6) is 0. The van der Waals surface area contributed by atoms with Gasteiger partial charge in [0.25, 0.3) is 0 Å². The number of pyridine rings is 1. The fraction of sp³-hybridized carbons (Fsp3) is 0.353. The van der Waals surface area contributed by atoms with Crippen molar-refractivity contribution in [2.75, 3.05) is 26.2 Å². The van der Waals surface area contributed by atoms with Crippen molar-refractivity contribution in [1.82, 2.24) is 14.8 Å². The number of hydrogen-bond acceptors (Lipinski definition) is 3. The highest BCUT2D eigenvalue weighted by molar-refractivity contribution is 6.30. The summed E-state index contributed by atoms with van der Waals surface area (Å²) in [6.45, 7) is 6.32. The molecule has 1 fully saturated rings. The number of piperazine rings is 1. The Morgan fingerprint density at radius 2 is 1.67 bits per heavy atom. The summed E-state index contributed by atoms with van der Waals surface area (Å²) in [4.78, 5) is 9.36. The van der Waals surface area contributed by atoms with Gasteiger partial charge in [0.15, 0.2) is 0 Å². The minimum absolute atomic E-state index is 0.821. The van der Waals surface area contributed by atoms with Crippen LogP contribution in [0.2, 0.25) is 5.02 Å². The summed E-state index contributed by atoms with van der Waals surface area (Å²) >= 11 is 6.04. The van der Waals surface area contributed by atoms with Crippen molar-refractivity contribution in [3.63, 3.8) is 0 Å².